The maximum absolute atomic E-state index is 15.2. The van der Waals surface area contributed by atoms with E-state index in [1.807, 2.05) is 6.07 Å². The molecule has 0 radical (unpaired) electrons. The zero-order valence-electron chi connectivity index (χ0n) is 14.1. The van der Waals surface area contributed by atoms with Crippen LogP contribution < -0.4 is 0 Å². The van der Waals surface area contributed by atoms with E-state index < -0.39 is 5.67 Å². The molecule has 3 rings (SSSR count). The first-order chi connectivity index (χ1) is 11.3. The Labute approximate surface area is 152 Å². The summed E-state index contributed by atoms with van der Waals surface area (Å²) in [5.74, 6) is -0.305. The summed E-state index contributed by atoms with van der Waals surface area (Å²) in [5.41, 5.74) is -0.193. The molecular formula is C18H23Cl2FN2O. The molecule has 0 atom stereocenters. The van der Waals surface area contributed by atoms with Gasteiger partial charge in [0, 0.05) is 32.1 Å². The molecule has 1 saturated heterocycles. The lowest BCUT2D eigenvalue weighted by atomic mass is 9.68. The smallest absolute Gasteiger partial charge is 0.225 e. The van der Waals surface area contributed by atoms with Gasteiger partial charge in [0.1, 0.15) is 5.67 Å². The molecule has 1 heterocycles. The van der Waals surface area contributed by atoms with Crippen molar-refractivity contribution in [2.75, 3.05) is 27.2 Å². The average molecular weight is 373 g/mol. The fourth-order valence-corrected chi connectivity index (χ4v) is 4.30. The summed E-state index contributed by atoms with van der Waals surface area (Å²) >= 11 is 12.8. The highest BCUT2D eigenvalue weighted by Crippen LogP contribution is 2.52. The molecule has 1 saturated carbocycles. The van der Waals surface area contributed by atoms with Gasteiger partial charge in [0.05, 0.1) is 10.0 Å². The van der Waals surface area contributed by atoms with Crippen molar-refractivity contribution >= 4 is 29.1 Å². The zero-order valence-corrected chi connectivity index (χ0v) is 15.6. The number of hydrogen-bond acceptors (Lipinski definition) is 2. The van der Waals surface area contributed by atoms with Gasteiger partial charge in [-0.05, 0) is 44.3 Å². The molecule has 0 N–H and O–H groups in total. The third-order valence-electron chi connectivity index (χ3n) is 5.17. The van der Waals surface area contributed by atoms with Gasteiger partial charge in [-0.3, -0.25) is 9.69 Å². The van der Waals surface area contributed by atoms with Gasteiger partial charge in [0.2, 0.25) is 5.91 Å². The number of likely N-dealkylation sites (tertiary alicyclic amines) is 1. The van der Waals surface area contributed by atoms with E-state index in [0.717, 1.165) is 25.2 Å². The summed E-state index contributed by atoms with van der Waals surface area (Å²) in [6.07, 6.45) is 2.76. The summed E-state index contributed by atoms with van der Waals surface area (Å²) in [7, 11) is 3.38. The van der Waals surface area contributed by atoms with Gasteiger partial charge in [-0.1, -0.05) is 35.3 Å². The maximum atomic E-state index is 15.2. The van der Waals surface area contributed by atoms with Crippen LogP contribution in [-0.2, 0) is 17.0 Å². The molecule has 2 fully saturated rings. The van der Waals surface area contributed by atoms with Crippen LogP contribution in [0, 0.1) is 5.92 Å². The van der Waals surface area contributed by atoms with Crippen molar-refractivity contribution < 1.29 is 9.18 Å². The molecule has 2 aliphatic rings. The monoisotopic (exact) mass is 372 g/mol. The van der Waals surface area contributed by atoms with Crippen molar-refractivity contribution in [3.63, 3.8) is 0 Å². The van der Waals surface area contributed by atoms with Crippen molar-refractivity contribution in [2.24, 2.45) is 5.92 Å². The fraction of sp³-hybridized carbons (Fsp3) is 0.611. The van der Waals surface area contributed by atoms with E-state index in [-0.39, 0.29) is 24.7 Å². The molecule has 0 aromatic heterocycles. The summed E-state index contributed by atoms with van der Waals surface area (Å²) in [6.45, 7) is 2.88. The van der Waals surface area contributed by atoms with Crippen LogP contribution in [0.1, 0.15) is 36.8 Å². The topological polar surface area (TPSA) is 23.6 Å². The number of carbonyl (C=O) groups is 1. The van der Waals surface area contributed by atoms with E-state index >= 15 is 4.39 Å². The van der Waals surface area contributed by atoms with Gasteiger partial charge in [-0.2, -0.15) is 0 Å². The second-order valence-corrected chi connectivity index (χ2v) is 7.94. The average Bonchev–Trinajstić information content (AvgIpc) is 3.01. The molecular weight excluding hydrogens is 350 g/mol. The Morgan fingerprint density at radius 2 is 1.88 bits per heavy atom. The Morgan fingerprint density at radius 3 is 2.46 bits per heavy atom. The van der Waals surface area contributed by atoms with Crippen molar-refractivity contribution in [1.82, 2.24) is 9.80 Å². The Hall–Kier alpha value is -0.840. The lowest BCUT2D eigenvalue weighted by molar-refractivity contribution is -0.142. The minimum Gasteiger partial charge on any atom is -0.349 e. The van der Waals surface area contributed by atoms with Gasteiger partial charge < -0.3 is 4.90 Å². The summed E-state index contributed by atoms with van der Waals surface area (Å²) in [5, 5.41) is 0.743. The van der Waals surface area contributed by atoms with Crippen LogP contribution in [0.3, 0.4) is 0 Å². The largest absolute Gasteiger partial charge is 0.349 e. The highest BCUT2D eigenvalue weighted by molar-refractivity contribution is 6.43. The van der Waals surface area contributed by atoms with Crippen LogP contribution in [0.5, 0.6) is 0 Å². The minimum absolute atomic E-state index is 0.0313. The third-order valence-corrected chi connectivity index (χ3v) is 6.09. The molecule has 132 valence electrons. The maximum Gasteiger partial charge on any atom is 0.225 e. The highest BCUT2D eigenvalue weighted by atomic mass is 35.5. The van der Waals surface area contributed by atoms with E-state index in [9.17, 15) is 4.79 Å². The number of halogens is 3. The minimum atomic E-state index is -1.55. The molecule has 0 unspecified atom stereocenters. The van der Waals surface area contributed by atoms with Crippen LogP contribution in [0.2, 0.25) is 10.0 Å². The van der Waals surface area contributed by atoms with Crippen LogP contribution in [-0.4, -0.2) is 42.9 Å². The Bertz CT molecular complexity index is 638. The predicted octanol–water partition coefficient (Wildman–Crippen LogP) is 4.25. The van der Waals surface area contributed by atoms with Gasteiger partial charge in [-0.15, -0.1) is 0 Å². The lowest BCUT2D eigenvalue weighted by Crippen LogP contribution is -2.45. The second-order valence-electron chi connectivity index (χ2n) is 7.19. The van der Waals surface area contributed by atoms with Crippen molar-refractivity contribution in [3.8, 4) is 0 Å². The zero-order chi connectivity index (χ0) is 17.5. The SMILES string of the molecule is CN(C)C(=O)C1CC(F)(c2ccc(CN3CCCC3)c(Cl)c2Cl)C1. The third kappa shape index (κ3) is 3.29. The van der Waals surface area contributed by atoms with Gasteiger partial charge in [-0.25, -0.2) is 4.39 Å². The van der Waals surface area contributed by atoms with Crippen molar-refractivity contribution in [3.05, 3.63) is 33.3 Å². The van der Waals surface area contributed by atoms with Crippen LogP contribution in [0.15, 0.2) is 12.1 Å². The Kier molecular flexibility index (Phi) is 5.10. The molecule has 6 heteroatoms. The van der Waals surface area contributed by atoms with Gasteiger partial charge in [0.15, 0.2) is 0 Å². The van der Waals surface area contributed by atoms with E-state index in [4.69, 9.17) is 23.2 Å². The molecule has 0 spiro atoms. The second kappa shape index (κ2) is 6.81. The van der Waals surface area contributed by atoms with Gasteiger partial charge in [0.25, 0.3) is 0 Å². The molecule has 1 amide bonds. The van der Waals surface area contributed by atoms with E-state index in [1.165, 1.54) is 17.7 Å². The number of carbonyl (C=O) groups excluding carboxylic acids is 1. The van der Waals surface area contributed by atoms with E-state index in [1.54, 1.807) is 20.2 Å². The lowest BCUT2D eigenvalue weighted by Gasteiger charge is -2.42. The normalized spacial score (nSPS) is 27.1. The fourth-order valence-electron chi connectivity index (χ4n) is 3.72. The summed E-state index contributed by atoms with van der Waals surface area (Å²) in [4.78, 5) is 15.8. The van der Waals surface area contributed by atoms with Crippen LogP contribution in [0.25, 0.3) is 0 Å². The molecule has 1 aromatic rings. The summed E-state index contributed by atoms with van der Waals surface area (Å²) in [6, 6.07) is 3.63. The van der Waals surface area contributed by atoms with E-state index in [2.05, 4.69) is 4.90 Å². The molecule has 24 heavy (non-hydrogen) atoms. The standard InChI is InChI=1S/C18H23Cl2FN2O/c1-22(2)17(24)13-9-18(21,10-13)14-6-5-12(15(19)16(14)20)11-23-7-3-4-8-23/h5-6,13H,3-4,7-11H2,1-2H3. The predicted molar refractivity (Wildman–Crippen MR) is 95.2 cm³/mol. The summed E-state index contributed by atoms with van der Waals surface area (Å²) < 4.78 is 15.2. The number of benzene rings is 1. The number of alkyl halides is 1. The van der Waals surface area contributed by atoms with Gasteiger partial charge >= 0.3 is 0 Å². The molecule has 0 bridgehead atoms. The first-order valence-electron chi connectivity index (χ1n) is 8.41. The van der Waals surface area contributed by atoms with Crippen molar-refractivity contribution in [1.29, 1.82) is 0 Å². The first-order valence-corrected chi connectivity index (χ1v) is 9.17. The van der Waals surface area contributed by atoms with Crippen molar-refractivity contribution in [2.45, 2.75) is 37.9 Å². The molecule has 3 nitrogen and oxygen atoms in total. The first kappa shape index (κ1) is 18.0. The molecule has 1 aliphatic carbocycles. The number of amides is 1. The van der Waals surface area contributed by atoms with Crippen LogP contribution in [0.4, 0.5) is 4.39 Å². The molecule has 1 aliphatic heterocycles. The highest BCUT2D eigenvalue weighted by Gasteiger charge is 2.50. The Balaban J connectivity index is 1.75. The number of hydrogen-bond donors (Lipinski definition) is 0. The van der Waals surface area contributed by atoms with Crippen LogP contribution >= 0.6 is 23.2 Å². The molecule has 1 aromatic carbocycles. The number of nitrogens with zero attached hydrogens (tertiary/aromatic N) is 2. The van der Waals surface area contributed by atoms with E-state index in [0.29, 0.717) is 15.6 Å². The Morgan fingerprint density at radius 1 is 1.25 bits per heavy atom. The number of rotatable bonds is 4. The quantitative estimate of drug-likeness (QED) is 0.788.